The lowest BCUT2D eigenvalue weighted by molar-refractivity contribution is -0.658. The summed E-state index contributed by atoms with van der Waals surface area (Å²) in [7, 11) is -8.46. The second kappa shape index (κ2) is 16.2. The number of aryl methyl sites for hydroxylation is 2. The van der Waals surface area contributed by atoms with Gasteiger partial charge in [-0.25, -0.2) is 26.0 Å². The van der Waals surface area contributed by atoms with E-state index in [1.165, 1.54) is 6.92 Å². The molecule has 0 unspecified atom stereocenters. The Labute approximate surface area is 310 Å². The summed E-state index contributed by atoms with van der Waals surface area (Å²) in [5.74, 6) is 0. The minimum atomic E-state index is -6.09. The van der Waals surface area contributed by atoms with Crippen molar-refractivity contribution >= 4 is 87.5 Å². The average molecular weight is 999 g/mol. The molecule has 0 radical (unpaired) electrons. The number of nitrogens with zero attached hydrogens (tertiary/aromatic N) is 5. The Balaban J connectivity index is 0.000000392. The number of hydrogen-bond acceptors (Lipinski definition) is 7. The van der Waals surface area contributed by atoms with Gasteiger partial charge in [0.2, 0.25) is 0 Å². The zero-order valence-corrected chi connectivity index (χ0v) is 31.5. The number of nitriles is 1. The van der Waals surface area contributed by atoms with Crippen LogP contribution in [0.2, 0.25) is 0 Å². The van der Waals surface area contributed by atoms with Gasteiger partial charge in [-0.15, -0.1) is 0 Å². The molecule has 0 aliphatic carbocycles. The molecule has 0 amide bonds. The average Bonchev–Trinajstić information content (AvgIpc) is 3.39. The molecule has 5 aromatic rings. The van der Waals surface area contributed by atoms with E-state index in [1.54, 1.807) is 33.4 Å². The van der Waals surface area contributed by atoms with Crippen molar-refractivity contribution in [3.05, 3.63) is 80.0 Å². The van der Waals surface area contributed by atoms with Gasteiger partial charge in [0, 0.05) is 6.92 Å². The van der Waals surface area contributed by atoms with E-state index in [0.29, 0.717) is 7.66 Å². The highest BCUT2D eigenvalue weighted by atomic mass is 127. The summed E-state index contributed by atoms with van der Waals surface area (Å²) in [6.07, 6.45) is -4.56. The summed E-state index contributed by atoms with van der Waals surface area (Å²) in [4.78, 5) is 0. The van der Waals surface area contributed by atoms with E-state index >= 15 is 0 Å². The Morgan fingerprint density at radius 1 is 0.647 bits per heavy atom. The molecule has 0 bridgehead atoms. The van der Waals surface area contributed by atoms with Crippen LogP contribution in [0.5, 0.6) is 0 Å². The molecule has 11 nitrogen and oxygen atoms in total. The van der Waals surface area contributed by atoms with Crippen molar-refractivity contribution in [3.8, 4) is 17.4 Å². The van der Waals surface area contributed by atoms with E-state index in [2.05, 4.69) is 45.2 Å². The van der Waals surface area contributed by atoms with Gasteiger partial charge in [0.25, 0.3) is 0 Å². The van der Waals surface area contributed by atoms with E-state index in [9.17, 15) is 39.5 Å². The third kappa shape index (κ3) is 10.00. The smallest absolute Gasteiger partial charge is 0.485 e. The molecule has 278 valence electrons. The zero-order chi connectivity index (χ0) is 39.5. The van der Waals surface area contributed by atoms with Crippen molar-refractivity contribution < 1.29 is 74.6 Å². The molecule has 5 rings (SSSR count). The normalized spacial score (nSPS) is 12.2. The van der Waals surface area contributed by atoms with E-state index in [4.69, 9.17) is 31.2 Å². The first-order valence-corrected chi connectivity index (χ1v) is 18.0. The number of aromatic nitrogens is 4. The van der Waals surface area contributed by atoms with Crippen LogP contribution in [0, 0.1) is 19.0 Å². The van der Waals surface area contributed by atoms with Crippen LogP contribution in [0.15, 0.2) is 66.7 Å². The van der Waals surface area contributed by atoms with Gasteiger partial charge in [-0.2, -0.15) is 53.9 Å². The second-order valence-electron chi connectivity index (χ2n) is 9.50. The Hall–Kier alpha value is -3.26. The minimum absolute atomic E-state index is 0.104. The van der Waals surface area contributed by atoms with Crippen molar-refractivity contribution in [2.24, 2.45) is 14.1 Å². The highest BCUT2D eigenvalue weighted by molar-refractivity contribution is 14.1. The first-order valence-electron chi connectivity index (χ1n) is 13.0. The van der Waals surface area contributed by atoms with Crippen molar-refractivity contribution in [1.82, 2.24) is 9.13 Å². The van der Waals surface area contributed by atoms with Gasteiger partial charge in [0.15, 0.2) is 53.7 Å². The van der Waals surface area contributed by atoms with E-state index in [0.717, 1.165) is 22.1 Å². The number of imidazole rings is 2. The molecule has 3 aromatic carbocycles. The molecule has 0 saturated carbocycles. The van der Waals surface area contributed by atoms with E-state index in [-0.39, 0.29) is 11.4 Å². The van der Waals surface area contributed by atoms with Gasteiger partial charge in [0.05, 0.1) is 65.3 Å². The fraction of sp³-hybridized carbons (Fsp3) is 0.222. The van der Waals surface area contributed by atoms with Crippen LogP contribution in [0.3, 0.4) is 0 Å². The molecule has 0 fully saturated rings. The van der Waals surface area contributed by atoms with Crippen LogP contribution in [0.1, 0.15) is 12.5 Å². The molecule has 0 atom stereocenters. The highest BCUT2D eigenvalue weighted by Crippen LogP contribution is 2.41. The Bertz CT molecular complexity index is 2170. The summed E-state index contributed by atoms with van der Waals surface area (Å²) in [6, 6.07) is 21.5. The largest absolute Gasteiger partial charge is 0.741 e. The highest BCUT2D eigenvalue weighted by Gasteiger charge is 2.43. The molecule has 2 aromatic heterocycles. The maximum atomic E-state index is 14.7. The number of benzene rings is 3. The first kappa shape index (κ1) is 43.9. The molecule has 2 heterocycles. The topological polar surface area (TPSA) is 156 Å². The van der Waals surface area contributed by atoms with Crippen LogP contribution in [0.4, 0.5) is 39.5 Å². The van der Waals surface area contributed by atoms with E-state index in [1.807, 2.05) is 71.8 Å². The minimum Gasteiger partial charge on any atom is -0.741 e. The number of alkyl halides is 9. The van der Waals surface area contributed by atoms with Gasteiger partial charge < -0.3 is 9.11 Å². The Morgan fingerprint density at radius 2 is 0.922 bits per heavy atom. The quantitative estimate of drug-likeness (QED) is 0.0683. The van der Waals surface area contributed by atoms with Gasteiger partial charge in [-0.05, 0) is 36.4 Å². The number of rotatable bonds is 2. The fourth-order valence-electron chi connectivity index (χ4n) is 4.22. The summed E-state index contributed by atoms with van der Waals surface area (Å²) < 4.78 is 170. The zero-order valence-electron chi connectivity index (χ0n) is 25.5. The lowest BCUT2D eigenvalue weighted by Crippen LogP contribution is -2.32. The lowest BCUT2D eigenvalue weighted by atomic mass is 10.1. The lowest BCUT2D eigenvalue weighted by Gasteiger charge is -2.14. The summed E-state index contributed by atoms with van der Waals surface area (Å²) in [5, 5.41) is 7.32. The van der Waals surface area contributed by atoms with Crippen molar-refractivity contribution in [1.29, 1.82) is 5.26 Å². The predicted molar refractivity (Wildman–Crippen MR) is 176 cm³/mol. The first-order chi connectivity index (χ1) is 23.1. The van der Waals surface area contributed by atoms with Crippen molar-refractivity contribution in [3.63, 3.8) is 0 Å². The molecule has 0 N–H and O–H groups in total. The summed E-state index contributed by atoms with van der Waals surface area (Å²) in [5.41, 5.74) is -8.58. The van der Waals surface area contributed by atoms with Crippen molar-refractivity contribution in [2.75, 3.05) is 0 Å². The van der Waals surface area contributed by atoms with Crippen molar-refractivity contribution in [2.45, 2.75) is 24.1 Å². The number of hydrogen-bond donors (Lipinski definition) is 0. The van der Waals surface area contributed by atoms with Gasteiger partial charge in [-0.1, -0.05) is 30.3 Å². The molecule has 0 saturated heterocycles. The molecule has 0 aliphatic heterocycles. The van der Waals surface area contributed by atoms with Crippen LogP contribution < -0.4 is 9.13 Å². The molecule has 24 heteroatoms. The Kier molecular flexibility index (Phi) is 13.9. The summed E-state index contributed by atoms with van der Waals surface area (Å²) >= 11 is 4.21. The third-order valence-corrected chi connectivity index (χ3v) is 9.79. The van der Waals surface area contributed by atoms with Crippen LogP contribution >= 0.6 is 45.2 Å². The SMILES string of the molecule is CC#N.C[n+]1c(I)n(-c2cccc(-n3c(I)[n+](C)c4ccccc43)c2C(F)(F)F)c2ccccc21.O=S(=O)([O-])C(F)(F)F.O=S(=O)([O-])C(F)(F)F. The van der Waals surface area contributed by atoms with Crippen LogP contribution in [0.25, 0.3) is 33.4 Å². The molecule has 0 aliphatic rings. The van der Waals surface area contributed by atoms with Gasteiger partial charge in [-0.3, -0.25) is 0 Å². The number of fused-ring (bicyclic) bond motifs is 2. The number of para-hydroxylation sites is 4. The third-order valence-electron chi connectivity index (χ3n) is 6.24. The monoisotopic (exact) mass is 999 g/mol. The molecular weight excluding hydrogens is 979 g/mol. The molecule has 51 heavy (non-hydrogen) atoms. The number of halogens is 11. The molecular formula is C27H20F9I2N5O6S2. The standard InChI is InChI=1S/C23H17F3I2N4.C2H3N.2CHF3O3S/c1-29-14-8-3-5-10-16(14)31(21(29)27)18-12-7-13-19(20(18)23(24,25)26)32-17-11-6-4-9-15(17)30(2)22(32)28;1-2-3;2*2-1(3,4)8(5,6)7/h3-13H,1-2H3;1H3;2*(H,5,6,7)/q+2;;;/p-2. The van der Waals surface area contributed by atoms with Gasteiger partial charge in [0.1, 0.15) is 5.56 Å². The molecule has 0 spiro atoms. The fourth-order valence-corrected chi connectivity index (χ4v) is 5.78. The van der Waals surface area contributed by atoms with Crippen LogP contribution in [-0.2, 0) is 40.5 Å². The van der Waals surface area contributed by atoms with Gasteiger partial charge >= 0.3 is 24.9 Å². The maximum Gasteiger partial charge on any atom is 0.485 e. The Morgan fingerprint density at radius 3 is 1.18 bits per heavy atom. The summed E-state index contributed by atoms with van der Waals surface area (Å²) in [6.45, 7) is 1.43. The second-order valence-corrected chi connectivity index (χ2v) is 14.2. The van der Waals surface area contributed by atoms with Crippen LogP contribution in [-0.4, -0.2) is 46.1 Å². The predicted octanol–water partition coefficient (Wildman–Crippen LogP) is 6.08. The van der Waals surface area contributed by atoms with E-state index < -0.39 is 43.0 Å². The maximum absolute atomic E-state index is 14.7.